The Balaban J connectivity index is 1.63. The van der Waals surface area contributed by atoms with Gasteiger partial charge in [-0.25, -0.2) is 0 Å². The minimum absolute atomic E-state index is 0.0110. The molecule has 28 heavy (non-hydrogen) atoms. The monoisotopic (exact) mass is 375 g/mol. The molecule has 1 atom stereocenters. The fraction of sp³-hybridized carbons (Fsp3) is 0.227. The number of aromatic nitrogens is 1. The maximum Gasteiger partial charge on any atom is 0.276 e. The van der Waals surface area contributed by atoms with E-state index in [1.807, 2.05) is 61.5 Å². The molecule has 142 valence electrons. The van der Waals surface area contributed by atoms with Crippen molar-refractivity contribution in [1.82, 2.24) is 10.1 Å². The highest BCUT2D eigenvalue weighted by molar-refractivity contribution is 6.01. The van der Waals surface area contributed by atoms with Gasteiger partial charge in [0.1, 0.15) is 12.8 Å². The SMILES string of the molecule is Cc1ccc(N2C[C@@H](Cc3ccccc3)N(C(=O)c3ccon3)CC2=O)cc1. The van der Waals surface area contributed by atoms with E-state index in [1.165, 1.54) is 12.3 Å². The molecule has 1 aliphatic rings. The van der Waals surface area contributed by atoms with Crippen molar-refractivity contribution in [3.63, 3.8) is 0 Å². The van der Waals surface area contributed by atoms with E-state index >= 15 is 0 Å². The van der Waals surface area contributed by atoms with Gasteiger partial charge in [-0.2, -0.15) is 0 Å². The molecular formula is C22H21N3O3. The van der Waals surface area contributed by atoms with Crippen molar-refractivity contribution in [3.8, 4) is 0 Å². The summed E-state index contributed by atoms with van der Waals surface area (Å²) >= 11 is 0. The number of nitrogens with zero attached hydrogens (tertiary/aromatic N) is 3. The maximum atomic E-state index is 12.9. The summed E-state index contributed by atoms with van der Waals surface area (Å²) in [6, 6.07) is 19.2. The van der Waals surface area contributed by atoms with Crippen LogP contribution in [0.3, 0.4) is 0 Å². The third-order valence-electron chi connectivity index (χ3n) is 5.02. The predicted molar refractivity (Wildman–Crippen MR) is 105 cm³/mol. The lowest BCUT2D eigenvalue weighted by molar-refractivity contribution is -0.121. The standard InChI is InChI=1S/C22H21N3O3/c1-16-7-9-18(10-8-16)24-14-19(13-17-5-3-2-4-6-17)25(15-21(24)26)22(27)20-11-12-28-23-20/h2-12,19H,13-15H2,1H3/t19-/m1/s1. The van der Waals surface area contributed by atoms with Crippen molar-refractivity contribution < 1.29 is 14.1 Å². The molecule has 2 amide bonds. The molecule has 0 bridgehead atoms. The van der Waals surface area contributed by atoms with E-state index < -0.39 is 0 Å². The van der Waals surface area contributed by atoms with Crippen molar-refractivity contribution in [2.24, 2.45) is 0 Å². The first-order chi connectivity index (χ1) is 13.6. The summed E-state index contributed by atoms with van der Waals surface area (Å²) in [7, 11) is 0. The van der Waals surface area contributed by atoms with Gasteiger partial charge < -0.3 is 14.3 Å². The zero-order valence-electron chi connectivity index (χ0n) is 15.6. The zero-order valence-corrected chi connectivity index (χ0v) is 15.6. The van der Waals surface area contributed by atoms with E-state index in [2.05, 4.69) is 5.16 Å². The molecule has 6 heteroatoms. The van der Waals surface area contributed by atoms with Crippen LogP contribution < -0.4 is 4.90 Å². The van der Waals surface area contributed by atoms with Crippen LogP contribution in [0.2, 0.25) is 0 Å². The topological polar surface area (TPSA) is 66.7 Å². The minimum atomic E-state index is -0.286. The smallest absolute Gasteiger partial charge is 0.276 e. The molecule has 2 aromatic carbocycles. The number of rotatable bonds is 4. The van der Waals surface area contributed by atoms with Gasteiger partial charge in [0.05, 0.1) is 6.04 Å². The fourth-order valence-electron chi connectivity index (χ4n) is 3.51. The Bertz CT molecular complexity index is 952. The van der Waals surface area contributed by atoms with E-state index in [-0.39, 0.29) is 30.1 Å². The summed E-state index contributed by atoms with van der Waals surface area (Å²) < 4.78 is 4.82. The van der Waals surface area contributed by atoms with Gasteiger partial charge in [-0.05, 0) is 31.0 Å². The van der Waals surface area contributed by atoms with Gasteiger partial charge in [0.15, 0.2) is 5.69 Å². The van der Waals surface area contributed by atoms with Crippen LogP contribution in [-0.2, 0) is 11.2 Å². The van der Waals surface area contributed by atoms with Crippen molar-refractivity contribution in [2.75, 3.05) is 18.0 Å². The molecule has 0 aliphatic carbocycles. The average molecular weight is 375 g/mol. The lowest BCUT2D eigenvalue weighted by Crippen LogP contribution is -2.59. The Hall–Kier alpha value is -3.41. The summed E-state index contributed by atoms with van der Waals surface area (Å²) in [5.41, 5.74) is 3.32. The van der Waals surface area contributed by atoms with Gasteiger partial charge in [0, 0.05) is 18.3 Å². The summed E-state index contributed by atoms with van der Waals surface area (Å²) in [5.74, 6) is -0.392. The molecule has 1 aromatic heterocycles. The molecule has 4 rings (SSSR count). The summed E-state index contributed by atoms with van der Waals surface area (Å²) in [6.07, 6.45) is 2.02. The fourth-order valence-corrected chi connectivity index (χ4v) is 3.51. The molecule has 0 N–H and O–H groups in total. The maximum absolute atomic E-state index is 12.9. The van der Waals surface area contributed by atoms with Crippen molar-refractivity contribution in [1.29, 1.82) is 0 Å². The molecule has 1 fully saturated rings. The van der Waals surface area contributed by atoms with Gasteiger partial charge in [-0.3, -0.25) is 9.59 Å². The third kappa shape index (κ3) is 3.67. The van der Waals surface area contributed by atoms with Gasteiger partial charge in [-0.15, -0.1) is 0 Å². The number of aryl methyl sites for hydroxylation is 1. The minimum Gasteiger partial charge on any atom is -0.364 e. The third-order valence-corrected chi connectivity index (χ3v) is 5.02. The van der Waals surface area contributed by atoms with Gasteiger partial charge >= 0.3 is 0 Å². The Morgan fingerprint density at radius 1 is 1.11 bits per heavy atom. The number of carbonyl (C=O) groups is 2. The van der Waals surface area contributed by atoms with Gasteiger partial charge in [-0.1, -0.05) is 53.2 Å². The molecule has 6 nitrogen and oxygen atoms in total. The number of anilines is 1. The van der Waals surface area contributed by atoms with Crippen LogP contribution in [0, 0.1) is 6.92 Å². The van der Waals surface area contributed by atoms with Crippen molar-refractivity contribution >= 4 is 17.5 Å². The summed E-state index contributed by atoms with van der Waals surface area (Å²) in [6.45, 7) is 2.45. The highest BCUT2D eigenvalue weighted by atomic mass is 16.5. The largest absolute Gasteiger partial charge is 0.364 e. The number of amides is 2. The van der Waals surface area contributed by atoms with Crippen LogP contribution in [0.4, 0.5) is 5.69 Å². The number of carbonyl (C=O) groups excluding carboxylic acids is 2. The van der Waals surface area contributed by atoms with E-state index in [0.717, 1.165) is 16.8 Å². The highest BCUT2D eigenvalue weighted by Crippen LogP contribution is 2.24. The molecule has 0 unspecified atom stereocenters. The quantitative estimate of drug-likeness (QED) is 0.703. The zero-order chi connectivity index (χ0) is 19.5. The van der Waals surface area contributed by atoms with Crippen LogP contribution in [0.5, 0.6) is 0 Å². The summed E-state index contributed by atoms with van der Waals surface area (Å²) in [5, 5.41) is 3.75. The Labute approximate surface area is 163 Å². The molecule has 1 saturated heterocycles. The van der Waals surface area contributed by atoms with Crippen LogP contribution in [-0.4, -0.2) is 41.0 Å². The number of hydrogen-bond donors (Lipinski definition) is 0. The molecule has 0 spiro atoms. The Morgan fingerprint density at radius 3 is 2.54 bits per heavy atom. The predicted octanol–water partition coefficient (Wildman–Crippen LogP) is 3.08. The van der Waals surface area contributed by atoms with E-state index in [0.29, 0.717) is 13.0 Å². The van der Waals surface area contributed by atoms with Crippen LogP contribution in [0.1, 0.15) is 21.6 Å². The molecule has 0 saturated carbocycles. The second-order valence-electron chi connectivity index (χ2n) is 7.00. The lowest BCUT2D eigenvalue weighted by atomic mass is 10.0. The first kappa shape index (κ1) is 18.0. The van der Waals surface area contributed by atoms with Crippen LogP contribution >= 0.6 is 0 Å². The Morgan fingerprint density at radius 2 is 1.86 bits per heavy atom. The number of piperazine rings is 1. The number of hydrogen-bond acceptors (Lipinski definition) is 4. The van der Waals surface area contributed by atoms with Crippen molar-refractivity contribution in [3.05, 3.63) is 83.7 Å². The number of benzene rings is 2. The second-order valence-corrected chi connectivity index (χ2v) is 7.00. The highest BCUT2D eigenvalue weighted by Gasteiger charge is 2.36. The average Bonchev–Trinajstić information content (AvgIpc) is 3.25. The van der Waals surface area contributed by atoms with Crippen molar-refractivity contribution in [2.45, 2.75) is 19.4 Å². The van der Waals surface area contributed by atoms with Gasteiger partial charge in [0.2, 0.25) is 5.91 Å². The second kappa shape index (κ2) is 7.68. The molecule has 0 radical (unpaired) electrons. The van der Waals surface area contributed by atoms with Crippen LogP contribution in [0.25, 0.3) is 0 Å². The Kier molecular flexibility index (Phi) is 4.93. The van der Waals surface area contributed by atoms with E-state index in [1.54, 1.807) is 9.80 Å². The normalized spacial score (nSPS) is 17.0. The van der Waals surface area contributed by atoms with E-state index in [9.17, 15) is 9.59 Å². The van der Waals surface area contributed by atoms with E-state index in [4.69, 9.17) is 4.52 Å². The lowest BCUT2D eigenvalue weighted by Gasteiger charge is -2.41. The summed E-state index contributed by atoms with van der Waals surface area (Å²) in [4.78, 5) is 29.2. The first-order valence-electron chi connectivity index (χ1n) is 9.24. The molecular weight excluding hydrogens is 354 g/mol. The van der Waals surface area contributed by atoms with Gasteiger partial charge in [0.25, 0.3) is 5.91 Å². The molecule has 2 heterocycles. The molecule has 3 aromatic rings. The molecule has 1 aliphatic heterocycles. The van der Waals surface area contributed by atoms with Crippen LogP contribution in [0.15, 0.2) is 71.4 Å². The first-order valence-corrected chi connectivity index (χ1v) is 9.24.